The molecule has 0 aliphatic carbocycles. The van der Waals surface area contributed by atoms with Gasteiger partial charge in [0.2, 0.25) is 0 Å². The van der Waals surface area contributed by atoms with Gasteiger partial charge in [-0.1, -0.05) is 221 Å². The predicted octanol–water partition coefficient (Wildman–Crippen LogP) is 15.0. The molecule has 0 saturated heterocycles. The van der Waals surface area contributed by atoms with Crippen molar-refractivity contribution in [2.75, 3.05) is 13.2 Å². The number of hydrogen-bond donors (Lipinski definition) is 0. The normalized spacial score (nSPS) is 12.1. The molecule has 0 rings (SSSR count). The molecule has 0 aliphatic rings. The Morgan fingerprint density at radius 2 is 0.611 bits per heavy atom. The van der Waals surface area contributed by atoms with E-state index in [1.807, 2.05) is 0 Å². The molecule has 320 valence electrons. The number of esters is 3. The van der Waals surface area contributed by atoms with Crippen molar-refractivity contribution in [2.45, 2.75) is 265 Å². The van der Waals surface area contributed by atoms with E-state index in [0.717, 1.165) is 69.6 Å². The number of carbonyl (C=O) groups excluding carboxylic acids is 3. The Hall–Kier alpha value is -1.59. The standard InChI is InChI=1S/C48H92O6/c1-6-7-8-9-10-11-18-23-28-33-38-46(49)52-41-45(54-48(51)40-35-30-25-20-22-27-32-37-44(4)5)42-53-47(50)39-34-29-24-19-16-14-12-13-15-17-21-26-31-36-43(2)3/h43-45H,6-42H2,1-5H3/t45-/m1/s1. The molecule has 0 amide bonds. The van der Waals surface area contributed by atoms with Crippen molar-refractivity contribution in [3.05, 3.63) is 0 Å². The monoisotopic (exact) mass is 765 g/mol. The van der Waals surface area contributed by atoms with E-state index in [-0.39, 0.29) is 31.1 Å². The molecule has 0 fully saturated rings. The second-order valence-electron chi connectivity index (χ2n) is 17.3. The van der Waals surface area contributed by atoms with Crippen molar-refractivity contribution >= 4 is 17.9 Å². The van der Waals surface area contributed by atoms with Gasteiger partial charge in [-0.15, -0.1) is 0 Å². The van der Waals surface area contributed by atoms with E-state index < -0.39 is 6.10 Å². The van der Waals surface area contributed by atoms with Crippen LogP contribution in [0, 0.1) is 11.8 Å². The Kier molecular flexibility index (Phi) is 39.8. The summed E-state index contributed by atoms with van der Waals surface area (Å²) in [7, 11) is 0. The lowest BCUT2D eigenvalue weighted by Crippen LogP contribution is -2.30. The maximum absolute atomic E-state index is 12.7. The second-order valence-corrected chi connectivity index (χ2v) is 17.3. The average Bonchev–Trinajstić information content (AvgIpc) is 3.14. The van der Waals surface area contributed by atoms with Crippen LogP contribution in [0.5, 0.6) is 0 Å². The van der Waals surface area contributed by atoms with Gasteiger partial charge in [0.05, 0.1) is 0 Å². The van der Waals surface area contributed by atoms with Gasteiger partial charge in [-0.25, -0.2) is 0 Å². The van der Waals surface area contributed by atoms with E-state index in [9.17, 15) is 14.4 Å². The first kappa shape index (κ1) is 52.4. The molecule has 6 heteroatoms. The van der Waals surface area contributed by atoms with Crippen molar-refractivity contribution in [2.24, 2.45) is 11.8 Å². The van der Waals surface area contributed by atoms with Crippen LogP contribution >= 0.6 is 0 Å². The Labute approximate surface area is 336 Å². The number of hydrogen-bond acceptors (Lipinski definition) is 6. The average molecular weight is 765 g/mol. The summed E-state index contributed by atoms with van der Waals surface area (Å²) < 4.78 is 16.7. The van der Waals surface area contributed by atoms with Gasteiger partial charge < -0.3 is 14.2 Å². The zero-order chi connectivity index (χ0) is 39.7. The van der Waals surface area contributed by atoms with Gasteiger partial charge >= 0.3 is 17.9 Å². The van der Waals surface area contributed by atoms with Crippen molar-refractivity contribution < 1.29 is 28.6 Å². The molecule has 0 radical (unpaired) electrons. The third kappa shape index (κ3) is 41.6. The fourth-order valence-corrected chi connectivity index (χ4v) is 7.11. The number of ether oxygens (including phenoxy) is 3. The maximum atomic E-state index is 12.7. The molecule has 0 aromatic carbocycles. The first-order chi connectivity index (χ1) is 26.2. The van der Waals surface area contributed by atoms with Crippen LogP contribution in [0.4, 0.5) is 0 Å². The summed E-state index contributed by atoms with van der Waals surface area (Å²) in [6.45, 7) is 11.3. The molecular weight excluding hydrogens is 673 g/mol. The van der Waals surface area contributed by atoms with Crippen molar-refractivity contribution in [3.8, 4) is 0 Å². The van der Waals surface area contributed by atoms with Crippen LogP contribution in [0.3, 0.4) is 0 Å². The number of carbonyl (C=O) groups is 3. The molecule has 0 aliphatic heterocycles. The van der Waals surface area contributed by atoms with Gasteiger partial charge in [0, 0.05) is 19.3 Å². The summed E-state index contributed by atoms with van der Waals surface area (Å²) in [5, 5.41) is 0. The third-order valence-electron chi connectivity index (χ3n) is 10.7. The third-order valence-corrected chi connectivity index (χ3v) is 10.7. The number of rotatable bonds is 42. The summed E-state index contributed by atoms with van der Waals surface area (Å²) in [6.07, 6.45) is 39.5. The second kappa shape index (κ2) is 41.1. The first-order valence-electron chi connectivity index (χ1n) is 23.7. The zero-order valence-electron chi connectivity index (χ0n) is 36.8. The molecule has 54 heavy (non-hydrogen) atoms. The highest BCUT2D eigenvalue weighted by Crippen LogP contribution is 2.17. The van der Waals surface area contributed by atoms with Crippen molar-refractivity contribution in [1.29, 1.82) is 0 Å². The highest BCUT2D eigenvalue weighted by Gasteiger charge is 2.19. The molecule has 6 nitrogen and oxygen atoms in total. The van der Waals surface area contributed by atoms with E-state index in [4.69, 9.17) is 14.2 Å². The lowest BCUT2D eigenvalue weighted by atomic mass is 10.0. The van der Waals surface area contributed by atoms with Crippen LogP contribution in [0.1, 0.15) is 259 Å². The Morgan fingerprint density at radius 3 is 0.907 bits per heavy atom. The molecule has 0 unspecified atom stereocenters. The SMILES string of the molecule is CCCCCCCCCCCCC(=O)OC[C@H](COC(=O)CCCCCCCCCCCCCCCC(C)C)OC(=O)CCCCCCCCCC(C)C. The van der Waals surface area contributed by atoms with Gasteiger partial charge in [-0.2, -0.15) is 0 Å². The van der Waals surface area contributed by atoms with Gasteiger partial charge in [0.1, 0.15) is 13.2 Å². The van der Waals surface area contributed by atoms with Crippen LogP contribution in [-0.2, 0) is 28.6 Å². The molecule has 0 bridgehead atoms. The lowest BCUT2D eigenvalue weighted by molar-refractivity contribution is -0.167. The van der Waals surface area contributed by atoms with Crippen LogP contribution in [0.15, 0.2) is 0 Å². The Balaban J connectivity index is 4.27. The van der Waals surface area contributed by atoms with E-state index in [0.29, 0.717) is 19.3 Å². The molecule has 0 aromatic heterocycles. The van der Waals surface area contributed by atoms with Crippen LogP contribution in [0.25, 0.3) is 0 Å². The smallest absolute Gasteiger partial charge is 0.306 e. The molecule has 0 aromatic rings. The molecular formula is C48H92O6. The zero-order valence-corrected chi connectivity index (χ0v) is 36.8. The van der Waals surface area contributed by atoms with Gasteiger partial charge in [0.15, 0.2) is 6.10 Å². The Morgan fingerprint density at radius 1 is 0.352 bits per heavy atom. The number of unbranched alkanes of at least 4 members (excludes halogenated alkanes) is 27. The summed E-state index contributed by atoms with van der Waals surface area (Å²) in [6, 6.07) is 0. The minimum absolute atomic E-state index is 0.0650. The molecule has 0 spiro atoms. The maximum Gasteiger partial charge on any atom is 0.306 e. The summed E-state index contributed by atoms with van der Waals surface area (Å²) >= 11 is 0. The quantitative estimate of drug-likeness (QED) is 0.0350. The fraction of sp³-hybridized carbons (Fsp3) is 0.938. The van der Waals surface area contributed by atoms with E-state index in [2.05, 4.69) is 34.6 Å². The van der Waals surface area contributed by atoms with Gasteiger partial charge in [-0.05, 0) is 31.1 Å². The predicted molar refractivity (Wildman–Crippen MR) is 229 cm³/mol. The van der Waals surface area contributed by atoms with Gasteiger partial charge in [0.25, 0.3) is 0 Å². The van der Waals surface area contributed by atoms with Crippen LogP contribution in [0.2, 0.25) is 0 Å². The van der Waals surface area contributed by atoms with Crippen LogP contribution < -0.4 is 0 Å². The summed E-state index contributed by atoms with van der Waals surface area (Å²) in [5.74, 6) is 0.759. The van der Waals surface area contributed by atoms with E-state index in [1.165, 1.54) is 148 Å². The van der Waals surface area contributed by atoms with E-state index in [1.54, 1.807) is 0 Å². The largest absolute Gasteiger partial charge is 0.462 e. The van der Waals surface area contributed by atoms with Gasteiger partial charge in [-0.3, -0.25) is 14.4 Å². The molecule has 1 atom stereocenters. The first-order valence-corrected chi connectivity index (χ1v) is 23.7. The molecule has 0 N–H and O–H groups in total. The molecule has 0 heterocycles. The van der Waals surface area contributed by atoms with Crippen LogP contribution in [-0.4, -0.2) is 37.2 Å². The van der Waals surface area contributed by atoms with Crippen molar-refractivity contribution in [3.63, 3.8) is 0 Å². The fourth-order valence-electron chi connectivity index (χ4n) is 7.11. The summed E-state index contributed by atoms with van der Waals surface area (Å²) in [5.41, 5.74) is 0. The highest BCUT2D eigenvalue weighted by molar-refractivity contribution is 5.71. The minimum atomic E-state index is -0.760. The lowest BCUT2D eigenvalue weighted by Gasteiger charge is -2.18. The Bertz CT molecular complexity index is 824. The highest BCUT2D eigenvalue weighted by atomic mass is 16.6. The summed E-state index contributed by atoms with van der Waals surface area (Å²) in [4.78, 5) is 37.7. The minimum Gasteiger partial charge on any atom is -0.462 e. The molecule has 0 saturated carbocycles. The van der Waals surface area contributed by atoms with E-state index >= 15 is 0 Å². The topological polar surface area (TPSA) is 78.9 Å². The van der Waals surface area contributed by atoms with Crippen molar-refractivity contribution in [1.82, 2.24) is 0 Å².